The molecule has 2 aliphatic heterocycles. The Morgan fingerprint density at radius 3 is 2.53 bits per heavy atom. The summed E-state index contributed by atoms with van der Waals surface area (Å²) >= 11 is 0. The van der Waals surface area contributed by atoms with Gasteiger partial charge in [-0.25, -0.2) is 4.39 Å². The quantitative estimate of drug-likeness (QED) is 0.780. The van der Waals surface area contributed by atoms with Crippen LogP contribution in [0.3, 0.4) is 0 Å². The van der Waals surface area contributed by atoms with Crippen molar-refractivity contribution in [3.8, 4) is 0 Å². The molecule has 2 fully saturated rings. The molecule has 0 aromatic heterocycles. The molecule has 0 spiro atoms. The summed E-state index contributed by atoms with van der Waals surface area (Å²) in [6, 6.07) is 13.9. The molecule has 2 heterocycles. The van der Waals surface area contributed by atoms with E-state index in [1.54, 1.807) is 12.1 Å². The molecule has 0 radical (unpaired) electrons. The molecule has 1 atom stereocenters. The van der Waals surface area contributed by atoms with E-state index >= 15 is 0 Å². The first-order chi connectivity index (χ1) is 14.5. The molecule has 2 aromatic rings. The maximum Gasteiger partial charge on any atom is 0.254 e. The molecule has 158 valence electrons. The summed E-state index contributed by atoms with van der Waals surface area (Å²) < 4.78 is 13.1. The standard InChI is InChI=1S/C24H28FN3O2/c1-18-5-2-3-6-21(18)23(29)27-13-4-12-26(15-16-27)22-11-14-28(24(22)30)17-19-7-9-20(25)10-8-19/h2-3,5-10,22H,4,11-17H2,1H3/t22-/m1/s1. The molecular formula is C24H28FN3O2. The minimum absolute atomic E-state index is 0.0747. The first-order valence-corrected chi connectivity index (χ1v) is 10.6. The van der Waals surface area contributed by atoms with Crippen molar-refractivity contribution in [2.24, 2.45) is 0 Å². The van der Waals surface area contributed by atoms with Crippen molar-refractivity contribution >= 4 is 11.8 Å². The van der Waals surface area contributed by atoms with Crippen LogP contribution in [0.1, 0.15) is 34.3 Å². The summed E-state index contributed by atoms with van der Waals surface area (Å²) in [5, 5.41) is 0. The molecule has 0 N–H and O–H groups in total. The average molecular weight is 410 g/mol. The molecule has 2 amide bonds. The van der Waals surface area contributed by atoms with Crippen molar-refractivity contribution < 1.29 is 14.0 Å². The second kappa shape index (κ2) is 8.96. The van der Waals surface area contributed by atoms with Crippen LogP contribution in [0.2, 0.25) is 0 Å². The highest BCUT2D eigenvalue weighted by Gasteiger charge is 2.36. The molecule has 0 aliphatic carbocycles. The van der Waals surface area contributed by atoms with E-state index in [0.717, 1.165) is 36.1 Å². The number of carbonyl (C=O) groups is 2. The van der Waals surface area contributed by atoms with Gasteiger partial charge >= 0.3 is 0 Å². The Kier molecular flexibility index (Phi) is 6.13. The van der Waals surface area contributed by atoms with Crippen LogP contribution in [0, 0.1) is 12.7 Å². The van der Waals surface area contributed by atoms with Crippen molar-refractivity contribution in [1.29, 1.82) is 0 Å². The lowest BCUT2D eigenvalue weighted by Crippen LogP contribution is -2.44. The number of hydrogen-bond acceptors (Lipinski definition) is 3. The van der Waals surface area contributed by atoms with Crippen LogP contribution in [0.5, 0.6) is 0 Å². The highest BCUT2D eigenvalue weighted by atomic mass is 19.1. The minimum atomic E-state index is -0.265. The summed E-state index contributed by atoms with van der Waals surface area (Å²) in [7, 11) is 0. The molecule has 0 saturated carbocycles. The third kappa shape index (κ3) is 4.38. The number of hydrogen-bond donors (Lipinski definition) is 0. The predicted molar refractivity (Wildman–Crippen MR) is 113 cm³/mol. The van der Waals surface area contributed by atoms with Crippen LogP contribution in [0.4, 0.5) is 4.39 Å². The Balaban J connectivity index is 1.36. The number of halogens is 1. The van der Waals surface area contributed by atoms with Gasteiger partial charge in [-0.15, -0.1) is 0 Å². The van der Waals surface area contributed by atoms with Gasteiger partial charge in [0.2, 0.25) is 5.91 Å². The molecule has 2 aliphatic rings. The van der Waals surface area contributed by atoms with Gasteiger partial charge in [0.25, 0.3) is 5.91 Å². The lowest BCUT2D eigenvalue weighted by Gasteiger charge is -2.27. The van der Waals surface area contributed by atoms with Crippen molar-refractivity contribution in [3.63, 3.8) is 0 Å². The summed E-state index contributed by atoms with van der Waals surface area (Å²) in [5.41, 5.74) is 2.69. The fourth-order valence-corrected chi connectivity index (χ4v) is 4.46. The molecule has 5 nitrogen and oxygen atoms in total. The van der Waals surface area contributed by atoms with E-state index in [1.165, 1.54) is 12.1 Å². The lowest BCUT2D eigenvalue weighted by molar-refractivity contribution is -0.132. The summed E-state index contributed by atoms with van der Waals surface area (Å²) in [5.74, 6) is -0.0534. The van der Waals surface area contributed by atoms with Gasteiger partial charge in [0.15, 0.2) is 0 Å². The van der Waals surface area contributed by atoms with Crippen molar-refractivity contribution in [3.05, 3.63) is 71.0 Å². The second-order valence-corrected chi connectivity index (χ2v) is 8.19. The van der Waals surface area contributed by atoms with Gasteiger partial charge in [0.1, 0.15) is 5.82 Å². The molecule has 0 bridgehead atoms. The third-order valence-electron chi connectivity index (χ3n) is 6.19. The highest BCUT2D eigenvalue weighted by molar-refractivity contribution is 5.95. The Hall–Kier alpha value is -2.73. The zero-order chi connectivity index (χ0) is 21.1. The van der Waals surface area contributed by atoms with E-state index in [2.05, 4.69) is 4.90 Å². The van der Waals surface area contributed by atoms with E-state index in [9.17, 15) is 14.0 Å². The van der Waals surface area contributed by atoms with Gasteiger partial charge in [-0.05, 0) is 49.1 Å². The number of aryl methyl sites for hydroxylation is 1. The average Bonchev–Trinajstić information content (AvgIpc) is 2.95. The monoisotopic (exact) mass is 409 g/mol. The van der Waals surface area contributed by atoms with Crippen LogP contribution in [0.15, 0.2) is 48.5 Å². The second-order valence-electron chi connectivity index (χ2n) is 8.19. The van der Waals surface area contributed by atoms with Crippen LogP contribution >= 0.6 is 0 Å². The fraction of sp³-hybridized carbons (Fsp3) is 0.417. The molecule has 4 rings (SSSR count). The molecular weight excluding hydrogens is 381 g/mol. The van der Waals surface area contributed by atoms with Crippen LogP contribution < -0.4 is 0 Å². The van der Waals surface area contributed by atoms with Gasteiger partial charge in [-0.3, -0.25) is 14.5 Å². The number of amides is 2. The number of nitrogens with zero attached hydrogens (tertiary/aromatic N) is 3. The van der Waals surface area contributed by atoms with E-state index in [0.29, 0.717) is 32.7 Å². The molecule has 2 aromatic carbocycles. The smallest absolute Gasteiger partial charge is 0.254 e. The topological polar surface area (TPSA) is 43.9 Å². The first kappa shape index (κ1) is 20.5. The Morgan fingerprint density at radius 1 is 1.00 bits per heavy atom. The lowest BCUT2D eigenvalue weighted by atomic mass is 10.1. The zero-order valence-corrected chi connectivity index (χ0v) is 17.4. The number of benzene rings is 2. The SMILES string of the molecule is Cc1ccccc1C(=O)N1CCCN([C@@H]2CCN(Cc3ccc(F)cc3)C2=O)CC1. The Labute approximate surface area is 177 Å². The van der Waals surface area contributed by atoms with Crippen molar-refractivity contribution in [2.45, 2.75) is 32.4 Å². The van der Waals surface area contributed by atoms with E-state index in [-0.39, 0.29) is 23.7 Å². The predicted octanol–water partition coefficient (Wildman–Crippen LogP) is 3.08. The number of rotatable bonds is 4. The van der Waals surface area contributed by atoms with Crippen molar-refractivity contribution in [2.75, 3.05) is 32.7 Å². The van der Waals surface area contributed by atoms with Crippen LogP contribution in [-0.2, 0) is 11.3 Å². The fourth-order valence-electron chi connectivity index (χ4n) is 4.46. The summed E-state index contributed by atoms with van der Waals surface area (Å²) in [4.78, 5) is 32.0. The van der Waals surface area contributed by atoms with Crippen LogP contribution in [-0.4, -0.2) is 65.3 Å². The molecule has 2 saturated heterocycles. The van der Waals surface area contributed by atoms with E-state index < -0.39 is 0 Å². The number of likely N-dealkylation sites (tertiary alicyclic amines) is 1. The van der Waals surface area contributed by atoms with Gasteiger partial charge in [0.05, 0.1) is 6.04 Å². The first-order valence-electron chi connectivity index (χ1n) is 10.6. The van der Waals surface area contributed by atoms with Gasteiger partial charge in [-0.2, -0.15) is 0 Å². The molecule has 6 heteroatoms. The summed E-state index contributed by atoms with van der Waals surface area (Å²) in [6.07, 6.45) is 1.66. The highest BCUT2D eigenvalue weighted by Crippen LogP contribution is 2.22. The maximum atomic E-state index is 13.1. The minimum Gasteiger partial charge on any atom is -0.337 e. The summed E-state index contributed by atoms with van der Waals surface area (Å²) in [6.45, 7) is 6.06. The van der Waals surface area contributed by atoms with Gasteiger partial charge < -0.3 is 9.80 Å². The largest absolute Gasteiger partial charge is 0.337 e. The maximum absolute atomic E-state index is 13.1. The third-order valence-corrected chi connectivity index (χ3v) is 6.19. The molecule has 30 heavy (non-hydrogen) atoms. The zero-order valence-electron chi connectivity index (χ0n) is 17.4. The Morgan fingerprint density at radius 2 is 1.77 bits per heavy atom. The normalized spacial score (nSPS) is 20.5. The van der Waals surface area contributed by atoms with E-state index in [4.69, 9.17) is 0 Å². The number of carbonyl (C=O) groups excluding carboxylic acids is 2. The van der Waals surface area contributed by atoms with Crippen molar-refractivity contribution in [1.82, 2.24) is 14.7 Å². The molecule has 0 unspecified atom stereocenters. The van der Waals surface area contributed by atoms with Crippen LogP contribution in [0.25, 0.3) is 0 Å². The van der Waals surface area contributed by atoms with Gasteiger partial charge in [0, 0.05) is 44.8 Å². The van der Waals surface area contributed by atoms with Gasteiger partial charge in [-0.1, -0.05) is 30.3 Å². The van der Waals surface area contributed by atoms with E-state index in [1.807, 2.05) is 41.0 Å². The Bertz CT molecular complexity index is 915.